The molecule has 1 aliphatic heterocycles. The third-order valence-corrected chi connectivity index (χ3v) is 1.19. The zero-order valence-corrected chi connectivity index (χ0v) is 4.67. The summed E-state index contributed by atoms with van der Waals surface area (Å²) in [7, 11) is 0. The molecule has 1 aliphatic rings. The van der Waals surface area contributed by atoms with E-state index in [-0.39, 0.29) is 0 Å². The molecule has 42 valence electrons. The lowest BCUT2D eigenvalue weighted by molar-refractivity contribution is 0.397. The molecule has 0 aromatic carbocycles. The Hall–Kier alpha value is -0.810. The standard InChI is InChI=1S/C6H8N2/c7-3-6-8-4-1-2-5-8/h1-2H,4-6H2. The number of hydrogen-bond donors (Lipinski definition) is 0. The van der Waals surface area contributed by atoms with Gasteiger partial charge in [0.2, 0.25) is 0 Å². The molecular weight excluding hydrogens is 100 g/mol. The van der Waals surface area contributed by atoms with Crippen molar-refractivity contribution in [3.05, 3.63) is 12.2 Å². The molecule has 0 aliphatic carbocycles. The highest BCUT2D eigenvalue weighted by Crippen LogP contribution is 1.95. The first kappa shape index (κ1) is 5.33. The molecule has 0 amide bonds. The van der Waals surface area contributed by atoms with Gasteiger partial charge >= 0.3 is 0 Å². The molecule has 0 saturated heterocycles. The van der Waals surface area contributed by atoms with Gasteiger partial charge in [-0.1, -0.05) is 12.2 Å². The number of nitrogens with zero attached hydrogens (tertiary/aromatic N) is 2. The van der Waals surface area contributed by atoms with E-state index < -0.39 is 0 Å². The van der Waals surface area contributed by atoms with E-state index in [1.54, 1.807) is 0 Å². The maximum absolute atomic E-state index is 8.21. The van der Waals surface area contributed by atoms with Crippen LogP contribution >= 0.6 is 0 Å². The summed E-state index contributed by atoms with van der Waals surface area (Å²) in [4.78, 5) is 2.07. The minimum atomic E-state index is 0.562. The van der Waals surface area contributed by atoms with Crippen LogP contribution in [0.25, 0.3) is 0 Å². The molecule has 0 aromatic rings. The van der Waals surface area contributed by atoms with Gasteiger partial charge in [0.15, 0.2) is 0 Å². The van der Waals surface area contributed by atoms with Crippen LogP contribution in [0.5, 0.6) is 0 Å². The zero-order valence-electron chi connectivity index (χ0n) is 4.67. The van der Waals surface area contributed by atoms with Gasteiger partial charge in [0.1, 0.15) is 0 Å². The number of rotatable bonds is 1. The van der Waals surface area contributed by atoms with Gasteiger partial charge in [0, 0.05) is 13.1 Å². The molecule has 1 heterocycles. The maximum Gasteiger partial charge on any atom is 0.0871 e. The summed E-state index contributed by atoms with van der Waals surface area (Å²) in [6, 6.07) is 2.10. The summed E-state index contributed by atoms with van der Waals surface area (Å²) in [5, 5.41) is 8.21. The Balaban J connectivity index is 2.22. The second-order valence-electron chi connectivity index (χ2n) is 1.82. The summed E-state index contributed by atoms with van der Waals surface area (Å²) in [6.07, 6.45) is 4.16. The van der Waals surface area contributed by atoms with Crippen molar-refractivity contribution in [3.63, 3.8) is 0 Å². The van der Waals surface area contributed by atoms with Crippen molar-refractivity contribution in [1.82, 2.24) is 4.90 Å². The number of nitriles is 1. The quantitative estimate of drug-likeness (QED) is 0.358. The van der Waals surface area contributed by atoms with Crippen molar-refractivity contribution in [3.8, 4) is 6.07 Å². The Morgan fingerprint density at radius 2 is 2.12 bits per heavy atom. The minimum Gasteiger partial charge on any atom is -0.283 e. The highest BCUT2D eigenvalue weighted by molar-refractivity contribution is 4.97. The van der Waals surface area contributed by atoms with E-state index in [0.717, 1.165) is 13.1 Å². The SMILES string of the molecule is N#CCN1CC=CC1. The normalized spacial score (nSPS) is 18.9. The fourth-order valence-electron chi connectivity index (χ4n) is 0.751. The molecule has 0 unspecified atom stereocenters. The van der Waals surface area contributed by atoms with E-state index >= 15 is 0 Å². The van der Waals surface area contributed by atoms with Crippen molar-refractivity contribution in [2.75, 3.05) is 19.6 Å². The Kier molecular flexibility index (Phi) is 1.66. The molecule has 1 rings (SSSR count). The Labute approximate surface area is 49.0 Å². The summed E-state index contributed by atoms with van der Waals surface area (Å²) in [5.41, 5.74) is 0. The predicted molar refractivity (Wildman–Crippen MR) is 31.2 cm³/mol. The monoisotopic (exact) mass is 108 g/mol. The average Bonchev–Trinajstić information content (AvgIpc) is 2.19. The Morgan fingerprint density at radius 1 is 1.50 bits per heavy atom. The Morgan fingerprint density at radius 3 is 2.62 bits per heavy atom. The smallest absolute Gasteiger partial charge is 0.0871 e. The fraction of sp³-hybridized carbons (Fsp3) is 0.500. The van der Waals surface area contributed by atoms with Gasteiger partial charge in [-0.05, 0) is 0 Å². The van der Waals surface area contributed by atoms with Crippen LogP contribution in [-0.4, -0.2) is 24.5 Å². The van der Waals surface area contributed by atoms with E-state index in [9.17, 15) is 0 Å². The van der Waals surface area contributed by atoms with E-state index in [4.69, 9.17) is 5.26 Å². The van der Waals surface area contributed by atoms with Crippen molar-refractivity contribution in [1.29, 1.82) is 5.26 Å². The summed E-state index contributed by atoms with van der Waals surface area (Å²) < 4.78 is 0. The van der Waals surface area contributed by atoms with Gasteiger partial charge in [0.05, 0.1) is 12.6 Å². The molecule has 0 spiro atoms. The van der Waals surface area contributed by atoms with Gasteiger partial charge in [-0.15, -0.1) is 0 Å². The van der Waals surface area contributed by atoms with Crippen LogP contribution in [0.15, 0.2) is 12.2 Å². The molecule has 0 atom stereocenters. The second kappa shape index (κ2) is 2.49. The average molecular weight is 108 g/mol. The first-order chi connectivity index (χ1) is 3.93. The molecule has 2 heteroatoms. The fourth-order valence-corrected chi connectivity index (χ4v) is 0.751. The van der Waals surface area contributed by atoms with Crippen molar-refractivity contribution < 1.29 is 0 Å². The van der Waals surface area contributed by atoms with Crippen molar-refractivity contribution in [2.24, 2.45) is 0 Å². The van der Waals surface area contributed by atoms with Gasteiger partial charge < -0.3 is 0 Å². The largest absolute Gasteiger partial charge is 0.283 e. The Bertz CT molecular complexity index is 124. The molecule has 8 heavy (non-hydrogen) atoms. The van der Waals surface area contributed by atoms with Crippen LogP contribution in [0.1, 0.15) is 0 Å². The van der Waals surface area contributed by atoms with Crippen LogP contribution in [0.3, 0.4) is 0 Å². The second-order valence-corrected chi connectivity index (χ2v) is 1.82. The minimum absolute atomic E-state index is 0.562. The first-order valence-electron chi connectivity index (χ1n) is 2.68. The molecule has 0 bridgehead atoms. The highest BCUT2D eigenvalue weighted by Gasteiger charge is 2.02. The van der Waals surface area contributed by atoms with E-state index in [0.29, 0.717) is 6.54 Å². The summed E-state index contributed by atoms with van der Waals surface area (Å²) >= 11 is 0. The van der Waals surface area contributed by atoms with Gasteiger partial charge in [-0.3, -0.25) is 4.90 Å². The lowest BCUT2D eigenvalue weighted by Crippen LogP contribution is -2.19. The number of hydrogen-bond acceptors (Lipinski definition) is 2. The lowest BCUT2D eigenvalue weighted by atomic mass is 10.6. The molecule has 0 radical (unpaired) electrons. The highest BCUT2D eigenvalue weighted by atomic mass is 15.1. The van der Waals surface area contributed by atoms with E-state index in [1.807, 2.05) is 0 Å². The van der Waals surface area contributed by atoms with Crippen LogP contribution in [0.4, 0.5) is 0 Å². The van der Waals surface area contributed by atoms with Crippen LogP contribution in [0, 0.1) is 11.3 Å². The first-order valence-corrected chi connectivity index (χ1v) is 2.68. The maximum atomic E-state index is 8.21. The van der Waals surface area contributed by atoms with Crippen LogP contribution < -0.4 is 0 Å². The predicted octanol–water partition coefficient (Wildman–Crippen LogP) is 0.382. The molecule has 0 fully saturated rings. The zero-order chi connectivity index (χ0) is 5.82. The van der Waals surface area contributed by atoms with Gasteiger partial charge in [-0.25, -0.2) is 0 Å². The van der Waals surface area contributed by atoms with Crippen LogP contribution in [-0.2, 0) is 0 Å². The third kappa shape index (κ3) is 1.08. The van der Waals surface area contributed by atoms with Crippen molar-refractivity contribution >= 4 is 0 Å². The summed E-state index contributed by atoms with van der Waals surface area (Å²) in [5.74, 6) is 0. The van der Waals surface area contributed by atoms with Crippen LogP contribution in [0.2, 0.25) is 0 Å². The van der Waals surface area contributed by atoms with Gasteiger partial charge in [0.25, 0.3) is 0 Å². The molecule has 0 saturated carbocycles. The molecular formula is C6H8N2. The molecule has 0 aromatic heterocycles. The topological polar surface area (TPSA) is 27.0 Å². The lowest BCUT2D eigenvalue weighted by Gasteiger charge is -2.06. The van der Waals surface area contributed by atoms with Gasteiger partial charge in [-0.2, -0.15) is 5.26 Å². The third-order valence-electron chi connectivity index (χ3n) is 1.19. The van der Waals surface area contributed by atoms with Crippen molar-refractivity contribution in [2.45, 2.75) is 0 Å². The molecule has 2 nitrogen and oxygen atoms in total. The van der Waals surface area contributed by atoms with E-state index in [1.165, 1.54) is 0 Å². The molecule has 0 N–H and O–H groups in total. The van der Waals surface area contributed by atoms with E-state index in [2.05, 4.69) is 23.1 Å². The summed E-state index contributed by atoms with van der Waals surface area (Å²) in [6.45, 7) is 2.47.